The van der Waals surface area contributed by atoms with Crippen LogP contribution in [-0.4, -0.2) is 23.1 Å². The third-order valence-corrected chi connectivity index (χ3v) is 4.00. The normalized spacial score (nSPS) is 14.4. The third-order valence-electron chi connectivity index (χ3n) is 3.27. The van der Waals surface area contributed by atoms with Crippen LogP contribution in [0.25, 0.3) is 0 Å². The van der Waals surface area contributed by atoms with Crippen LogP contribution in [0.5, 0.6) is 0 Å². The Hall–Kier alpha value is -1.66. The van der Waals surface area contributed by atoms with Crippen molar-refractivity contribution in [3.8, 4) is 0 Å². The van der Waals surface area contributed by atoms with Crippen molar-refractivity contribution in [2.75, 3.05) is 17.7 Å². The Morgan fingerprint density at radius 1 is 1.45 bits per heavy atom. The van der Waals surface area contributed by atoms with Gasteiger partial charge in [0.05, 0.1) is 0 Å². The number of thiophene rings is 1. The molecule has 5 nitrogen and oxygen atoms in total. The molecule has 2 N–H and O–H groups in total. The highest BCUT2D eigenvalue weighted by Crippen LogP contribution is 2.33. The molecule has 0 saturated heterocycles. The van der Waals surface area contributed by atoms with Gasteiger partial charge in [-0.15, -0.1) is 0 Å². The van der Waals surface area contributed by atoms with Crippen molar-refractivity contribution in [1.82, 2.24) is 9.97 Å². The zero-order valence-electron chi connectivity index (χ0n) is 11.5. The second kappa shape index (κ2) is 5.76. The molecule has 0 aromatic carbocycles. The van der Waals surface area contributed by atoms with Crippen LogP contribution in [0.3, 0.4) is 0 Å². The quantitative estimate of drug-likeness (QED) is 0.885. The van der Waals surface area contributed by atoms with Crippen LogP contribution in [0.15, 0.2) is 22.9 Å². The van der Waals surface area contributed by atoms with Gasteiger partial charge in [0.25, 0.3) is 0 Å². The smallest absolute Gasteiger partial charge is 0.158 e. The molecule has 0 radical (unpaired) electrons. The van der Waals surface area contributed by atoms with Gasteiger partial charge in [-0.25, -0.2) is 9.97 Å². The molecule has 0 unspecified atom stereocenters. The fourth-order valence-corrected chi connectivity index (χ4v) is 2.87. The number of aromatic nitrogens is 2. The summed E-state index contributed by atoms with van der Waals surface area (Å²) < 4.78 is 5.10. The second-order valence-electron chi connectivity index (χ2n) is 4.99. The van der Waals surface area contributed by atoms with Crippen molar-refractivity contribution in [2.24, 2.45) is 0 Å². The van der Waals surface area contributed by atoms with Gasteiger partial charge in [-0.05, 0) is 35.2 Å². The number of nitrogens with two attached hydrogens (primary N) is 1. The molecule has 3 rings (SSSR count). The highest BCUT2D eigenvalue weighted by Gasteiger charge is 2.30. The standard InChI is InChI=1S/C14H18N4OS/c1-19-8-13-16-12(15)6-14(17-13)18(11-2-3-11)7-10-4-5-20-9-10/h4-6,9,11H,2-3,7-8H2,1H3,(H2,15,16,17). The van der Waals surface area contributed by atoms with Crippen molar-refractivity contribution in [3.05, 3.63) is 34.3 Å². The van der Waals surface area contributed by atoms with E-state index in [-0.39, 0.29) is 0 Å². The fourth-order valence-electron chi connectivity index (χ4n) is 2.21. The number of ether oxygens (including phenoxy) is 1. The van der Waals surface area contributed by atoms with Gasteiger partial charge in [0.15, 0.2) is 5.82 Å². The predicted molar refractivity (Wildman–Crippen MR) is 80.7 cm³/mol. The molecule has 6 heteroatoms. The largest absolute Gasteiger partial charge is 0.384 e. The Labute approximate surface area is 122 Å². The number of rotatable bonds is 6. The van der Waals surface area contributed by atoms with Crippen molar-refractivity contribution < 1.29 is 4.74 Å². The van der Waals surface area contributed by atoms with Gasteiger partial charge in [-0.3, -0.25) is 0 Å². The average molecular weight is 290 g/mol. The zero-order chi connectivity index (χ0) is 13.9. The number of anilines is 2. The third kappa shape index (κ3) is 3.08. The molecule has 1 saturated carbocycles. The maximum Gasteiger partial charge on any atom is 0.158 e. The van der Waals surface area contributed by atoms with E-state index in [0.29, 0.717) is 24.3 Å². The van der Waals surface area contributed by atoms with Gasteiger partial charge in [0, 0.05) is 25.8 Å². The minimum Gasteiger partial charge on any atom is -0.384 e. The van der Waals surface area contributed by atoms with Crippen LogP contribution >= 0.6 is 11.3 Å². The summed E-state index contributed by atoms with van der Waals surface area (Å²) in [4.78, 5) is 11.1. The summed E-state index contributed by atoms with van der Waals surface area (Å²) in [6.07, 6.45) is 2.43. The molecule has 20 heavy (non-hydrogen) atoms. The summed E-state index contributed by atoms with van der Waals surface area (Å²) in [7, 11) is 1.64. The van der Waals surface area contributed by atoms with E-state index >= 15 is 0 Å². The molecule has 2 aromatic rings. The van der Waals surface area contributed by atoms with E-state index in [4.69, 9.17) is 10.5 Å². The Morgan fingerprint density at radius 3 is 2.95 bits per heavy atom. The molecule has 2 aromatic heterocycles. The highest BCUT2D eigenvalue weighted by molar-refractivity contribution is 7.07. The lowest BCUT2D eigenvalue weighted by Gasteiger charge is -2.23. The van der Waals surface area contributed by atoms with Crippen LogP contribution in [0.4, 0.5) is 11.6 Å². The molecular weight excluding hydrogens is 272 g/mol. The summed E-state index contributed by atoms with van der Waals surface area (Å²) in [5.74, 6) is 2.04. The summed E-state index contributed by atoms with van der Waals surface area (Å²) in [6.45, 7) is 1.26. The van der Waals surface area contributed by atoms with Gasteiger partial charge >= 0.3 is 0 Å². The van der Waals surface area contributed by atoms with E-state index in [1.165, 1.54) is 18.4 Å². The fraction of sp³-hybridized carbons (Fsp3) is 0.429. The van der Waals surface area contributed by atoms with Gasteiger partial charge in [-0.1, -0.05) is 0 Å². The van der Waals surface area contributed by atoms with Gasteiger partial charge < -0.3 is 15.4 Å². The summed E-state index contributed by atoms with van der Waals surface area (Å²) in [5, 5.41) is 4.28. The minimum atomic E-state index is 0.384. The number of nitrogens with zero attached hydrogens (tertiary/aromatic N) is 3. The van der Waals surface area contributed by atoms with E-state index in [0.717, 1.165) is 12.4 Å². The number of methoxy groups -OCH3 is 1. The molecule has 2 heterocycles. The van der Waals surface area contributed by atoms with Crippen LogP contribution in [0.2, 0.25) is 0 Å². The lowest BCUT2D eigenvalue weighted by molar-refractivity contribution is 0.178. The predicted octanol–water partition coefficient (Wildman–Crippen LogP) is 2.44. The van der Waals surface area contributed by atoms with Crippen molar-refractivity contribution in [1.29, 1.82) is 0 Å². The number of nitrogen functional groups attached to an aromatic ring is 1. The van der Waals surface area contributed by atoms with Crippen molar-refractivity contribution >= 4 is 23.0 Å². The molecule has 0 spiro atoms. The monoisotopic (exact) mass is 290 g/mol. The summed E-state index contributed by atoms with van der Waals surface area (Å²) in [5.41, 5.74) is 7.20. The van der Waals surface area contributed by atoms with E-state index < -0.39 is 0 Å². The first-order valence-corrected chi connectivity index (χ1v) is 7.60. The van der Waals surface area contributed by atoms with Gasteiger partial charge in [0.1, 0.15) is 18.2 Å². The van der Waals surface area contributed by atoms with Gasteiger partial charge in [-0.2, -0.15) is 11.3 Å². The summed E-state index contributed by atoms with van der Waals surface area (Å²) in [6, 6.07) is 4.57. The van der Waals surface area contributed by atoms with Crippen LogP contribution in [0, 0.1) is 0 Å². The van der Waals surface area contributed by atoms with E-state index in [1.807, 2.05) is 6.07 Å². The van der Waals surface area contributed by atoms with Crippen molar-refractivity contribution in [3.63, 3.8) is 0 Å². The van der Waals surface area contributed by atoms with E-state index in [2.05, 4.69) is 31.7 Å². The Bertz CT molecular complexity index is 569. The molecule has 1 aliphatic carbocycles. The van der Waals surface area contributed by atoms with Crippen LogP contribution in [0.1, 0.15) is 24.2 Å². The Kier molecular flexibility index (Phi) is 3.84. The number of hydrogen-bond acceptors (Lipinski definition) is 6. The molecule has 0 amide bonds. The first-order valence-electron chi connectivity index (χ1n) is 6.66. The lowest BCUT2D eigenvalue weighted by atomic mass is 10.3. The average Bonchev–Trinajstić information content (AvgIpc) is 3.12. The first kappa shape index (κ1) is 13.3. The van der Waals surface area contributed by atoms with Gasteiger partial charge in [0.2, 0.25) is 0 Å². The zero-order valence-corrected chi connectivity index (χ0v) is 12.3. The molecule has 1 fully saturated rings. The first-order chi connectivity index (χ1) is 9.76. The molecule has 0 atom stereocenters. The SMILES string of the molecule is COCc1nc(N)cc(N(Cc2ccsc2)C2CC2)n1. The molecule has 106 valence electrons. The second-order valence-corrected chi connectivity index (χ2v) is 5.77. The maximum atomic E-state index is 5.89. The molecule has 0 bridgehead atoms. The molecule has 0 aliphatic heterocycles. The van der Waals surface area contributed by atoms with E-state index in [9.17, 15) is 0 Å². The molecular formula is C14H18N4OS. The minimum absolute atomic E-state index is 0.384. The lowest BCUT2D eigenvalue weighted by Crippen LogP contribution is -2.26. The Morgan fingerprint density at radius 2 is 2.30 bits per heavy atom. The highest BCUT2D eigenvalue weighted by atomic mass is 32.1. The summed E-state index contributed by atoms with van der Waals surface area (Å²) >= 11 is 1.72. The van der Waals surface area contributed by atoms with E-state index in [1.54, 1.807) is 18.4 Å². The number of hydrogen-bond donors (Lipinski definition) is 1. The van der Waals surface area contributed by atoms with Crippen LogP contribution < -0.4 is 10.6 Å². The topological polar surface area (TPSA) is 64.3 Å². The Balaban J connectivity index is 1.86. The van der Waals surface area contributed by atoms with Crippen LogP contribution in [-0.2, 0) is 17.9 Å². The maximum absolute atomic E-state index is 5.89. The molecule has 1 aliphatic rings. The van der Waals surface area contributed by atoms with Crippen molar-refractivity contribution in [2.45, 2.75) is 32.0 Å².